The number of benzene rings is 1. The fourth-order valence-electron chi connectivity index (χ4n) is 1.96. The van der Waals surface area contributed by atoms with Crippen molar-refractivity contribution in [2.24, 2.45) is 0 Å². The lowest BCUT2D eigenvalue weighted by molar-refractivity contribution is 0.574. The minimum Gasteiger partial charge on any atom is -0.367 e. The highest BCUT2D eigenvalue weighted by atomic mass is 32.1. The van der Waals surface area contributed by atoms with Crippen molar-refractivity contribution in [3.05, 3.63) is 34.4 Å². The first-order valence-corrected chi connectivity index (χ1v) is 6.79. The first kappa shape index (κ1) is 13.9. The molecule has 0 saturated carbocycles. The molecule has 0 aliphatic heterocycles. The van der Waals surface area contributed by atoms with E-state index in [4.69, 9.17) is 0 Å². The van der Waals surface area contributed by atoms with E-state index in [0.717, 1.165) is 23.5 Å². The van der Waals surface area contributed by atoms with Crippen LogP contribution in [-0.2, 0) is 0 Å². The molecule has 0 spiro atoms. The maximum atomic E-state index is 14.0. The Morgan fingerprint density at radius 3 is 2.11 bits per heavy atom. The monoisotopic (exact) mass is 286 g/mol. The number of thiazole rings is 1. The summed E-state index contributed by atoms with van der Waals surface area (Å²) in [5.41, 5.74) is 1.32. The van der Waals surface area contributed by atoms with Gasteiger partial charge in [-0.2, -0.15) is 4.39 Å². The second-order valence-electron chi connectivity index (χ2n) is 3.94. The van der Waals surface area contributed by atoms with Gasteiger partial charge in [0.25, 0.3) is 0 Å². The summed E-state index contributed by atoms with van der Waals surface area (Å²) in [4.78, 5) is 5.35. The van der Waals surface area contributed by atoms with Crippen molar-refractivity contribution < 1.29 is 13.2 Å². The number of nitrogens with zero attached hydrogens (tertiary/aromatic N) is 2. The first-order chi connectivity index (χ1) is 9.08. The standard InChI is InChI=1S/C13H13F3N2S/c1-3-18(4-2)12-9(14)5-8(6-10(12)15)11-13(16)19-7-17-11/h5-7H,3-4H2,1-2H3. The van der Waals surface area contributed by atoms with Gasteiger partial charge in [-0.1, -0.05) is 11.3 Å². The Morgan fingerprint density at radius 1 is 1.11 bits per heavy atom. The summed E-state index contributed by atoms with van der Waals surface area (Å²) in [6.45, 7) is 4.62. The molecular weight excluding hydrogens is 273 g/mol. The molecule has 1 aromatic heterocycles. The minimum absolute atomic E-state index is 0.0195. The number of aromatic nitrogens is 1. The molecule has 2 aromatic rings. The zero-order chi connectivity index (χ0) is 14.0. The Bertz CT molecular complexity index is 556. The number of hydrogen-bond acceptors (Lipinski definition) is 3. The SMILES string of the molecule is CCN(CC)c1c(F)cc(-c2ncsc2F)cc1F. The maximum absolute atomic E-state index is 14.0. The molecular formula is C13H13F3N2S. The van der Waals surface area contributed by atoms with Crippen LogP contribution in [0.4, 0.5) is 18.9 Å². The summed E-state index contributed by atoms with van der Waals surface area (Å²) in [6, 6.07) is 2.24. The van der Waals surface area contributed by atoms with Gasteiger partial charge in [0, 0.05) is 18.7 Å². The molecule has 6 heteroatoms. The number of halogens is 3. The lowest BCUT2D eigenvalue weighted by Crippen LogP contribution is -2.24. The summed E-state index contributed by atoms with van der Waals surface area (Å²) in [5, 5.41) is -0.547. The largest absolute Gasteiger partial charge is 0.367 e. The van der Waals surface area contributed by atoms with Gasteiger partial charge in [-0.3, -0.25) is 0 Å². The van der Waals surface area contributed by atoms with E-state index in [0.29, 0.717) is 13.1 Å². The third kappa shape index (κ3) is 2.58. The summed E-state index contributed by atoms with van der Waals surface area (Å²) in [7, 11) is 0. The highest BCUT2D eigenvalue weighted by Crippen LogP contribution is 2.31. The summed E-state index contributed by atoms with van der Waals surface area (Å²) in [5.74, 6) is -1.41. The second-order valence-corrected chi connectivity index (χ2v) is 4.74. The Labute approximate surface area is 113 Å². The van der Waals surface area contributed by atoms with Gasteiger partial charge in [-0.15, -0.1) is 0 Å². The van der Waals surface area contributed by atoms with Crippen LogP contribution in [0.2, 0.25) is 0 Å². The molecule has 0 bridgehead atoms. The van der Waals surface area contributed by atoms with Crippen LogP contribution < -0.4 is 4.90 Å². The molecule has 0 amide bonds. The molecule has 0 aliphatic carbocycles. The van der Waals surface area contributed by atoms with Crippen LogP contribution >= 0.6 is 11.3 Å². The lowest BCUT2D eigenvalue weighted by atomic mass is 10.1. The zero-order valence-electron chi connectivity index (χ0n) is 10.6. The van der Waals surface area contributed by atoms with Crippen molar-refractivity contribution in [1.82, 2.24) is 4.98 Å². The van der Waals surface area contributed by atoms with E-state index in [1.165, 1.54) is 5.51 Å². The number of rotatable bonds is 4. The van der Waals surface area contributed by atoms with E-state index in [2.05, 4.69) is 4.98 Å². The quantitative estimate of drug-likeness (QED) is 0.842. The van der Waals surface area contributed by atoms with Crippen LogP contribution in [-0.4, -0.2) is 18.1 Å². The van der Waals surface area contributed by atoms with Crippen molar-refractivity contribution in [3.8, 4) is 11.3 Å². The van der Waals surface area contributed by atoms with Crippen molar-refractivity contribution in [3.63, 3.8) is 0 Å². The van der Waals surface area contributed by atoms with Crippen LogP contribution in [0.5, 0.6) is 0 Å². The highest BCUT2D eigenvalue weighted by molar-refractivity contribution is 7.08. The highest BCUT2D eigenvalue weighted by Gasteiger charge is 2.18. The van der Waals surface area contributed by atoms with E-state index >= 15 is 0 Å². The van der Waals surface area contributed by atoms with E-state index < -0.39 is 16.8 Å². The molecule has 1 aromatic carbocycles. The van der Waals surface area contributed by atoms with Gasteiger partial charge < -0.3 is 4.90 Å². The molecule has 0 radical (unpaired) electrons. The Morgan fingerprint density at radius 2 is 1.68 bits per heavy atom. The smallest absolute Gasteiger partial charge is 0.204 e. The predicted molar refractivity (Wildman–Crippen MR) is 71.0 cm³/mol. The average Bonchev–Trinajstić information content (AvgIpc) is 2.79. The van der Waals surface area contributed by atoms with Crippen LogP contribution in [0.3, 0.4) is 0 Å². The molecule has 1 heterocycles. The molecule has 0 fully saturated rings. The van der Waals surface area contributed by atoms with Gasteiger partial charge >= 0.3 is 0 Å². The first-order valence-electron chi connectivity index (χ1n) is 5.91. The fraction of sp³-hybridized carbons (Fsp3) is 0.308. The molecule has 102 valence electrons. The van der Waals surface area contributed by atoms with Gasteiger partial charge in [-0.25, -0.2) is 13.8 Å². The number of hydrogen-bond donors (Lipinski definition) is 0. The summed E-state index contributed by atoms with van der Waals surface area (Å²) in [6.07, 6.45) is 0. The van der Waals surface area contributed by atoms with Gasteiger partial charge in [0.15, 0.2) is 0 Å². The van der Waals surface area contributed by atoms with Gasteiger partial charge in [0.2, 0.25) is 5.13 Å². The Hall–Kier alpha value is -1.56. The molecule has 0 atom stereocenters. The van der Waals surface area contributed by atoms with E-state index in [1.807, 2.05) is 13.8 Å². The van der Waals surface area contributed by atoms with Gasteiger partial charge in [-0.05, 0) is 26.0 Å². The Balaban J connectivity index is 2.51. The third-order valence-electron chi connectivity index (χ3n) is 2.89. The van der Waals surface area contributed by atoms with Crippen molar-refractivity contribution in [2.45, 2.75) is 13.8 Å². The van der Waals surface area contributed by atoms with Crippen LogP contribution in [0.15, 0.2) is 17.6 Å². The second kappa shape index (κ2) is 5.61. The van der Waals surface area contributed by atoms with E-state index in [-0.39, 0.29) is 16.9 Å². The fourth-order valence-corrected chi connectivity index (χ4v) is 2.50. The van der Waals surface area contributed by atoms with Crippen molar-refractivity contribution in [2.75, 3.05) is 18.0 Å². The molecule has 0 N–H and O–H groups in total. The summed E-state index contributed by atoms with van der Waals surface area (Å²) >= 11 is 0.797. The van der Waals surface area contributed by atoms with Crippen LogP contribution in [0, 0.1) is 16.8 Å². The third-order valence-corrected chi connectivity index (χ3v) is 3.51. The summed E-state index contributed by atoms with van der Waals surface area (Å²) < 4.78 is 41.5. The maximum Gasteiger partial charge on any atom is 0.204 e. The van der Waals surface area contributed by atoms with E-state index in [1.54, 1.807) is 4.90 Å². The normalized spacial score (nSPS) is 10.8. The molecule has 0 saturated heterocycles. The predicted octanol–water partition coefficient (Wildman–Crippen LogP) is 4.07. The lowest BCUT2D eigenvalue weighted by Gasteiger charge is -2.22. The average molecular weight is 286 g/mol. The molecule has 0 aliphatic rings. The molecule has 2 nitrogen and oxygen atoms in total. The van der Waals surface area contributed by atoms with Crippen molar-refractivity contribution >= 4 is 17.0 Å². The molecule has 0 unspecified atom stereocenters. The van der Waals surface area contributed by atoms with Crippen molar-refractivity contribution in [1.29, 1.82) is 0 Å². The molecule has 2 rings (SSSR count). The van der Waals surface area contributed by atoms with Crippen LogP contribution in [0.1, 0.15) is 13.8 Å². The van der Waals surface area contributed by atoms with Gasteiger partial charge in [0.05, 0.1) is 5.51 Å². The zero-order valence-corrected chi connectivity index (χ0v) is 11.4. The van der Waals surface area contributed by atoms with Crippen LogP contribution in [0.25, 0.3) is 11.3 Å². The minimum atomic E-state index is -0.703. The Kier molecular flexibility index (Phi) is 4.09. The van der Waals surface area contributed by atoms with Gasteiger partial charge in [0.1, 0.15) is 23.0 Å². The number of anilines is 1. The molecule has 19 heavy (non-hydrogen) atoms. The topological polar surface area (TPSA) is 16.1 Å². The van der Waals surface area contributed by atoms with E-state index in [9.17, 15) is 13.2 Å².